The molecule has 1 aromatic heterocycles. The monoisotopic (exact) mass is 287 g/mol. The van der Waals surface area contributed by atoms with Crippen LogP contribution in [0.25, 0.3) is 0 Å². The van der Waals surface area contributed by atoms with E-state index in [1.165, 1.54) is 7.11 Å². The van der Waals surface area contributed by atoms with Gasteiger partial charge in [0.2, 0.25) is 5.76 Å². The van der Waals surface area contributed by atoms with Gasteiger partial charge in [0.1, 0.15) is 5.76 Å². The third-order valence-corrected chi connectivity index (χ3v) is 3.60. The molecule has 0 saturated carbocycles. The van der Waals surface area contributed by atoms with Crippen LogP contribution in [0.2, 0.25) is 0 Å². The van der Waals surface area contributed by atoms with Crippen LogP contribution in [-0.2, 0) is 4.74 Å². The fourth-order valence-corrected chi connectivity index (χ4v) is 2.36. The molecule has 0 amide bonds. The highest BCUT2D eigenvalue weighted by Crippen LogP contribution is 2.18. The van der Waals surface area contributed by atoms with Gasteiger partial charge in [0, 0.05) is 12.3 Å². The lowest BCUT2D eigenvalue weighted by molar-refractivity contribution is 0.0559. The topological polar surface area (TPSA) is 71.7 Å². The van der Waals surface area contributed by atoms with E-state index in [0.717, 1.165) is 0 Å². The maximum atomic E-state index is 11.3. The van der Waals surface area contributed by atoms with E-state index >= 15 is 0 Å². The third-order valence-electron chi connectivity index (χ3n) is 2.68. The highest BCUT2D eigenvalue weighted by molar-refractivity contribution is 7.98. The zero-order chi connectivity index (χ0) is 14.5. The Kier molecular flexibility index (Phi) is 5.90. The van der Waals surface area contributed by atoms with Crippen LogP contribution in [0.1, 0.15) is 36.2 Å². The molecule has 0 aliphatic heterocycles. The summed E-state index contributed by atoms with van der Waals surface area (Å²) in [5.74, 6) is 0.980. The van der Waals surface area contributed by atoms with Gasteiger partial charge in [0.25, 0.3) is 0 Å². The average Bonchev–Trinajstić information content (AvgIpc) is 2.84. The van der Waals surface area contributed by atoms with Gasteiger partial charge >= 0.3 is 5.97 Å². The van der Waals surface area contributed by atoms with Crippen LogP contribution >= 0.6 is 11.8 Å². The molecule has 2 unspecified atom stereocenters. The van der Waals surface area contributed by atoms with E-state index in [1.54, 1.807) is 30.8 Å². The number of carbonyl (C=O) groups excluding carboxylic acids is 1. The van der Waals surface area contributed by atoms with Gasteiger partial charge in [-0.1, -0.05) is 0 Å². The minimum Gasteiger partial charge on any atom is -0.463 e. The smallest absolute Gasteiger partial charge is 0.373 e. The highest BCUT2D eigenvalue weighted by Gasteiger charge is 2.22. The normalized spacial score (nSPS) is 15.8. The molecule has 0 aliphatic carbocycles. The fraction of sp³-hybridized carbons (Fsp3) is 0.615. The number of aliphatic hydroxyl groups is 1. The summed E-state index contributed by atoms with van der Waals surface area (Å²) in [6, 6.07) is 3.22. The van der Waals surface area contributed by atoms with Crippen LogP contribution in [-0.4, -0.2) is 42.3 Å². The van der Waals surface area contributed by atoms with Crippen LogP contribution in [0.5, 0.6) is 0 Å². The minimum absolute atomic E-state index is 0.0910. The van der Waals surface area contributed by atoms with E-state index < -0.39 is 11.6 Å². The number of carbonyl (C=O) groups is 1. The molecule has 0 radical (unpaired) electrons. The first-order valence-corrected chi connectivity index (χ1v) is 7.42. The Morgan fingerprint density at radius 2 is 2.32 bits per heavy atom. The predicted octanol–water partition coefficient (Wildman–Crippen LogP) is 1.83. The summed E-state index contributed by atoms with van der Waals surface area (Å²) in [5, 5.41) is 13.2. The first-order chi connectivity index (χ1) is 8.89. The molecular formula is C13H21NO4S. The van der Waals surface area contributed by atoms with Gasteiger partial charge in [0.05, 0.1) is 18.8 Å². The fourth-order valence-electron chi connectivity index (χ4n) is 1.63. The van der Waals surface area contributed by atoms with Crippen LogP contribution < -0.4 is 5.32 Å². The molecule has 0 aromatic carbocycles. The molecule has 0 spiro atoms. The molecule has 5 nitrogen and oxygen atoms in total. The Labute approximate surface area is 117 Å². The number of hydrogen-bond donors (Lipinski definition) is 2. The second kappa shape index (κ2) is 6.98. The van der Waals surface area contributed by atoms with Crippen molar-refractivity contribution in [1.29, 1.82) is 0 Å². The maximum absolute atomic E-state index is 11.3. The zero-order valence-electron chi connectivity index (χ0n) is 11.7. The van der Waals surface area contributed by atoms with Crippen molar-refractivity contribution in [2.24, 2.45) is 0 Å². The van der Waals surface area contributed by atoms with E-state index in [-0.39, 0.29) is 11.8 Å². The number of furan rings is 1. The number of methoxy groups -OCH3 is 1. The highest BCUT2D eigenvalue weighted by atomic mass is 32.2. The van der Waals surface area contributed by atoms with Crippen molar-refractivity contribution in [3.05, 3.63) is 23.7 Å². The number of rotatable bonds is 7. The Hall–Kier alpha value is -0.980. The van der Waals surface area contributed by atoms with E-state index in [1.807, 2.05) is 13.2 Å². The van der Waals surface area contributed by atoms with Gasteiger partial charge in [-0.25, -0.2) is 4.79 Å². The summed E-state index contributed by atoms with van der Waals surface area (Å²) in [5.41, 5.74) is -0.772. The number of thioether (sulfide) groups is 1. The first kappa shape index (κ1) is 16.1. The lowest BCUT2D eigenvalue weighted by Gasteiger charge is -2.24. The molecule has 0 saturated heterocycles. The molecule has 1 heterocycles. The number of nitrogens with one attached hydrogen (secondary N) is 1. The largest absolute Gasteiger partial charge is 0.463 e. The van der Waals surface area contributed by atoms with Gasteiger partial charge in [0.15, 0.2) is 0 Å². The summed E-state index contributed by atoms with van der Waals surface area (Å²) in [6.45, 7) is 4.14. The van der Waals surface area contributed by atoms with Crippen molar-refractivity contribution in [3.8, 4) is 0 Å². The molecule has 0 bridgehead atoms. The van der Waals surface area contributed by atoms with Gasteiger partial charge in [-0.15, -0.1) is 0 Å². The van der Waals surface area contributed by atoms with E-state index in [9.17, 15) is 9.90 Å². The molecule has 108 valence electrons. The standard InChI is InChI=1S/C13H21NO4S/c1-9(14-7-13(2,16)8-19-4)10-5-6-11(18-10)12(15)17-3/h5-6,9,14,16H,7-8H2,1-4H3. The lowest BCUT2D eigenvalue weighted by Crippen LogP contribution is -2.40. The van der Waals surface area contributed by atoms with Crippen molar-refractivity contribution in [2.75, 3.05) is 25.7 Å². The van der Waals surface area contributed by atoms with Gasteiger partial charge in [-0.2, -0.15) is 11.8 Å². The van der Waals surface area contributed by atoms with Crippen LogP contribution in [0, 0.1) is 0 Å². The Morgan fingerprint density at radius 3 is 2.89 bits per heavy atom. The van der Waals surface area contributed by atoms with Crippen LogP contribution in [0.4, 0.5) is 0 Å². The molecule has 0 aliphatic rings. The quantitative estimate of drug-likeness (QED) is 0.746. The summed E-state index contributed by atoms with van der Waals surface area (Å²) in [7, 11) is 1.31. The number of hydrogen-bond acceptors (Lipinski definition) is 6. The second-order valence-electron chi connectivity index (χ2n) is 4.73. The van der Waals surface area contributed by atoms with Crippen molar-refractivity contribution < 1.29 is 19.1 Å². The third kappa shape index (κ3) is 4.89. The number of esters is 1. The van der Waals surface area contributed by atoms with Crippen molar-refractivity contribution in [1.82, 2.24) is 5.32 Å². The van der Waals surface area contributed by atoms with Crippen molar-refractivity contribution in [2.45, 2.75) is 25.5 Å². The van der Waals surface area contributed by atoms with Crippen molar-refractivity contribution >= 4 is 17.7 Å². The summed E-state index contributed by atoms with van der Waals surface area (Å²) >= 11 is 1.59. The lowest BCUT2D eigenvalue weighted by atomic mass is 10.1. The molecule has 2 N–H and O–H groups in total. The Balaban J connectivity index is 2.56. The van der Waals surface area contributed by atoms with E-state index in [0.29, 0.717) is 18.1 Å². The Bertz CT molecular complexity index is 417. The molecule has 19 heavy (non-hydrogen) atoms. The van der Waals surface area contributed by atoms with E-state index in [4.69, 9.17) is 4.42 Å². The molecular weight excluding hydrogens is 266 g/mol. The van der Waals surface area contributed by atoms with Gasteiger partial charge < -0.3 is 19.6 Å². The second-order valence-corrected chi connectivity index (χ2v) is 5.59. The molecule has 0 fully saturated rings. The Morgan fingerprint density at radius 1 is 1.63 bits per heavy atom. The summed E-state index contributed by atoms with van der Waals surface area (Å²) in [6.07, 6.45) is 1.95. The SMILES string of the molecule is COC(=O)c1ccc(C(C)NCC(C)(O)CSC)o1. The minimum atomic E-state index is -0.772. The van der Waals surface area contributed by atoms with Gasteiger partial charge in [-0.3, -0.25) is 0 Å². The van der Waals surface area contributed by atoms with Gasteiger partial charge in [-0.05, 0) is 32.2 Å². The van der Waals surface area contributed by atoms with Crippen LogP contribution in [0.3, 0.4) is 0 Å². The van der Waals surface area contributed by atoms with Crippen molar-refractivity contribution in [3.63, 3.8) is 0 Å². The molecule has 1 rings (SSSR count). The maximum Gasteiger partial charge on any atom is 0.373 e. The molecule has 1 aromatic rings. The zero-order valence-corrected chi connectivity index (χ0v) is 12.5. The predicted molar refractivity (Wildman–Crippen MR) is 75.5 cm³/mol. The summed E-state index contributed by atoms with van der Waals surface area (Å²) in [4.78, 5) is 11.3. The average molecular weight is 287 g/mol. The number of ether oxygens (including phenoxy) is 1. The van der Waals surface area contributed by atoms with Crippen LogP contribution in [0.15, 0.2) is 16.5 Å². The molecule has 6 heteroatoms. The first-order valence-electron chi connectivity index (χ1n) is 6.02. The molecule has 2 atom stereocenters. The van der Waals surface area contributed by atoms with E-state index in [2.05, 4.69) is 10.1 Å². The summed E-state index contributed by atoms with van der Waals surface area (Å²) < 4.78 is 9.98.